The Morgan fingerprint density at radius 3 is 2.52 bits per heavy atom. The molecule has 3 rings (SSSR count). The second-order valence-corrected chi connectivity index (χ2v) is 4.85. The lowest BCUT2D eigenvalue weighted by Gasteiger charge is -2.07. The largest absolute Gasteiger partial charge is 0.310 e. The predicted octanol–water partition coefficient (Wildman–Crippen LogP) is 2.73. The number of hydrogen-bond donors (Lipinski definition) is 1. The molecule has 2 heterocycles. The van der Waals surface area contributed by atoms with E-state index in [1.807, 2.05) is 48.5 Å². The van der Waals surface area contributed by atoms with Crippen LogP contribution in [0.2, 0.25) is 0 Å². The van der Waals surface area contributed by atoms with Crippen LogP contribution in [0.3, 0.4) is 0 Å². The van der Waals surface area contributed by atoms with Crippen molar-refractivity contribution >= 4 is 0 Å². The van der Waals surface area contributed by atoms with Crippen molar-refractivity contribution in [2.24, 2.45) is 0 Å². The second-order valence-electron chi connectivity index (χ2n) is 4.85. The second kappa shape index (κ2) is 5.71. The van der Waals surface area contributed by atoms with Gasteiger partial charge in [-0.1, -0.05) is 36.4 Å². The van der Waals surface area contributed by atoms with Gasteiger partial charge in [-0.25, -0.2) is 4.98 Å². The molecule has 0 fully saturated rings. The van der Waals surface area contributed by atoms with E-state index in [0.717, 1.165) is 17.0 Å². The molecule has 0 saturated carbocycles. The zero-order valence-electron chi connectivity index (χ0n) is 11.7. The molecule has 0 unspecified atom stereocenters. The molecule has 0 aliphatic rings. The highest BCUT2D eigenvalue weighted by atomic mass is 16.1. The lowest BCUT2D eigenvalue weighted by molar-refractivity contribution is 0.911. The molecule has 4 nitrogen and oxygen atoms in total. The van der Waals surface area contributed by atoms with E-state index in [0.29, 0.717) is 17.8 Å². The Morgan fingerprint density at radius 1 is 1.05 bits per heavy atom. The average molecular weight is 277 g/mol. The summed E-state index contributed by atoms with van der Waals surface area (Å²) < 4.78 is 0. The maximum atomic E-state index is 12.1. The minimum Gasteiger partial charge on any atom is -0.310 e. The van der Waals surface area contributed by atoms with Gasteiger partial charge >= 0.3 is 0 Å². The fraction of sp³-hybridized carbons (Fsp3) is 0.118. The summed E-state index contributed by atoms with van der Waals surface area (Å²) in [5.74, 6) is 0.628. The Hall–Kier alpha value is -2.75. The maximum absolute atomic E-state index is 12.1. The van der Waals surface area contributed by atoms with Gasteiger partial charge in [0, 0.05) is 29.4 Å². The Kier molecular flexibility index (Phi) is 3.60. The van der Waals surface area contributed by atoms with E-state index in [2.05, 4.69) is 15.0 Å². The number of rotatable bonds is 3. The van der Waals surface area contributed by atoms with Crippen molar-refractivity contribution in [2.45, 2.75) is 13.3 Å². The normalized spacial score (nSPS) is 10.5. The molecule has 1 aromatic carbocycles. The van der Waals surface area contributed by atoms with Crippen LogP contribution >= 0.6 is 0 Å². The molecule has 104 valence electrons. The monoisotopic (exact) mass is 277 g/mol. The molecule has 1 N–H and O–H groups in total. The molecule has 0 atom stereocenters. The lowest BCUT2D eigenvalue weighted by atomic mass is 10.1. The van der Waals surface area contributed by atoms with Gasteiger partial charge in [-0.3, -0.25) is 9.78 Å². The van der Waals surface area contributed by atoms with Gasteiger partial charge in [-0.15, -0.1) is 0 Å². The van der Waals surface area contributed by atoms with E-state index in [1.165, 1.54) is 0 Å². The zero-order valence-corrected chi connectivity index (χ0v) is 11.7. The number of benzene rings is 1. The summed E-state index contributed by atoms with van der Waals surface area (Å²) in [6.45, 7) is 1.79. The highest BCUT2D eigenvalue weighted by Gasteiger charge is 2.10. The summed E-state index contributed by atoms with van der Waals surface area (Å²) in [4.78, 5) is 23.8. The fourth-order valence-corrected chi connectivity index (χ4v) is 2.21. The average Bonchev–Trinajstić information content (AvgIpc) is 2.52. The SMILES string of the molecule is Cc1c(-c2ccccc2)nc(Cc2ccccn2)[nH]c1=O. The van der Waals surface area contributed by atoms with Crippen molar-refractivity contribution in [3.8, 4) is 11.3 Å². The summed E-state index contributed by atoms with van der Waals surface area (Å²) >= 11 is 0. The van der Waals surface area contributed by atoms with Gasteiger partial charge in [-0.2, -0.15) is 0 Å². The van der Waals surface area contributed by atoms with Crippen LogP contribution in [-0.4, -0.2) is 15.0 Å². The maximum Gasteiger partial charge on any atom is 0.254 e. The van der Waals surface area contributed by atoms with Crippen LogP contribution in [0.15, 0.2) is 59.5 Å². The molecule has 0 bridgehead atoms. The third-order valence-corrected chi connectivity index (χ3v) is 3.32. The number of nitrogens with one attached hydrogen (secondary N) is 1. The van der Waals surface area contributed by atoms with Gasteiger partial charge in [-0.05, 0) is 19.1 Å². The molecule has 4 heteroatoms. The molecule has 0 aliphatic heterocycles. The van der Waals surface area contributed by atoms with E-state index in [4.69, 9.17) is 0 Å². The van der Waals surface area contributed by atoms with Crippen molar-refractivity contribution in [1.82, 2.24) is 15.0 Å². The Morgan fingerprint density at radius 2 is 1.81 bits per heavy atom. The van der Waals surface area contributed by atoms with E-state index >= 15 is 0 Å². The van der Waals surface area contributed by atoms with Crippen molar-refractivity contribution in [3.05, 3.63) is 82.2 Å². The quantitative estimate of drug-likeness (QED) is 0.800. The number of aromatic nitrogens is 3. The van der Waals surface area contributed by atoms with E-state index in [9.17, 15) is 4.79 Å². The minimum atomic E-state index is -0.102. The number of nitrogens with zero attached hydrogens (tertiary/aromatic N) is 2. The number of pyridine rings is 1. The number of hydrogen-bond acceptors (Lipinski definition) is 3. The van der Waals surface area contributed by atoms with Gasteiger partial charge in [0.25, 0.3) is 5.56 Å². The van der Waals surface area contributed by atoms with Gasteiger partial charge in [0.15, 0.2) is 0 Å². The van der Waals surface area contributed by atoms with Crippen LogP contribution in [0.4, 0.5) is 0 Å². The molecule has 0 aliphatic carbocycles. The molecular formula is C17H15N3O. The van der Waals surface area contributed by atoms with Crippen LogP contribution in [0.1, 0.15) is 17.1 Å². The Balaban J connectivity index is 2.04. The first-order chi connectivity index (χ1) is 10.2. The summed E-state index contributed by atoms with van der Waals surface area (Å²) in [6, 6.07) is 15.4. The summed E-state index contributed by atoms with van der Waals surface area (Å²) in [5.41, 5.74) is 3.08. The lowest BCUT2D eigenvalue weighted by Crippen LogP contribution is -2.16. The molecule has 0 saturated heterocycles. The molecule has 3 aromatic rings. The fourth-order valence-electron chi connectivity index (χ4n) is 2.21. The smallest absolute Gasteiger partial charge is 0.254 e. The third kappa shape index (κ3) is 2.89. The summed E-state index contributed by atoms with van der Waals surface area (Å²) in [6.07, 6.45) is 2.25. The van der Waals surface area contributed by atoms with Crippen molar-refractivity contribution in [2.75, 3.05) is 0 Å². The van der Waals surface area contributed by atoms with Crippen molar-refractivity contribution in [1.29, 1.82) is 0 Å². The van der Waals surface area contributed by atoms with Crippen LogP contribution in [0.25, 0.3) is 11.3 Å². The topological polar surface area (TPSA) is 58.6 Å². The standard InChI is InChI=1S/C17H15N3O/c1-12-16(13-7-3-2-4-8-13)19-15(20-17(12)21)11-14-9-5-6-10-18-14/h2-10H,11H2,1H3,(H,19,20,21). The van der Waals surface area contributed by atoms with Crippen molar-refractivity contribution in [3.63, 3.8) is 0 Å². The van der Waals surface area contributed by atoms with E-state index in [1.54, 1.807) is 13.1 Å². The van der Waals surface area contributed by atoms with Crippen LogP contribution in [0.5, 0.6) is 0 Å². The Labute approximate surface area is 122 Å². The van der Waals surface area contributed by atoms with E-state index in [-0.39, 0.29) is 5.56 Å². The number of H-pyrrole nitrogens is 1. The highest BCUT2D eigenvalue weighted by molar-refractivity contribution is 5.62. The minimum absolute atomic E-state index is 0.102. The highest BCUT2D eigenvalue weighted by Crippen LogP contribution is 2.18. The van der Waals surface area contributed by atoms with Gasteiger partial charge in [0.2, 0.25) is 0 Å². The van der Waals surface area contributed by atoms with Crippen LogP contribution in [0, 0.1) is 6.92 Å². The van der Waals surface area contributed by atoms with E-state index < -0.39 is 0 Å². The molecule has 2 aromatic heterocycles. The van der Waals surface area contributed by atoms with Crippen LogP contribution < -0.4 is 5.56 Å². The van der Waals surface area contributed by atoms with Crippen molar-refractivity contribution < 1.29 is 0 Å². The first kappa shape index (κ1) is 13.2. The van der Waals surface area contributed by atoms with Gasteiger partial charge < -0.3 is 4.98 Å². The molecule has 21 heavy (non-hydrogen) atoms. The zero-order chi connectivity index (χ0) is 14.7. The van der Waals surface area contributed by atoms with Gasteiger partial charge in [0.05, 0.1) is 5.69 Å². The molecular weight excluding hydrogens is 262 g/mol. The molecule has 0 spiro atoms. The Bertz CT molecular complexity index is 795. The molecule has 0 radical (unpaired) electrons. The van der Waals surface area contributed by atoms with Crippen LogP contribution in [-0.2, 0) is 6.42 Å². The van der Waals surface area contributed by atoms with Gasteiger partial charge in [0.1, 0.15) is 5.82 Å². The third-order valence-electron chi connectivity index (χ3n) is 3.32. The number of aromatic amines is 1. The summed E-state index contributed by atoms with van der Waals surface area (Å²) in [7, 11) is 0. The molecule has 0 amide bonds. The predicted molar refractivity (Wildman–Crippen MR) is 82.1 cm³/mol. The first-order valence-corrected chi connectivity index (χ1v) is 6.79. The summed E-state index contributed by atoms with van der Waals surface area (Å²) in [5, 5.41) is 0. The first-order valence-electron chi connectivity index (χ1n) is 6.79.